The fraction of sp³-hybridized carbons (Fsp3) is 0.150. The van der Waals surface area contributed by atoms with E-state index in [0.717, 1.165) is 28.3 Å². The Kier molecular flexibility index (Phi) is 3.90. The van der Waals surface area contributed by atoms with E-state index in [4.69, 9.17) is 4.98 Å². The number of anilines is 2. The average molecular weight is 329 g/mol. The summed E-state index contributed by atoms with van der Waals surface area (Å²) in [6.45, 7) is 4.39. The highest BCUT2D eigenvalue weighted by molar-refractivity contribution is 5.77. The van der Waals surface area contributed by atoms with Crippen molar-refractivity contribution in [3.05, 3.63) is 72.8 Å². The molecule has 0 unspecified atom stereocenters. The van der Waals surface area contributed by atoms with Gasteiger partial charge in [-0.25, -0.2) is 9.50 Å². The van der Waals surface area contributed by atoms with Crippen molar-refractivity contribution in [2.45, 2.75) is 19.8 Å². The highest BCUT2D eigenvalue weighted by Gasteiger charge is 2.09. The Hall–Kier alpha value is -3.21. The molecule has 1 aromatic carbocycles. The standard InChI is InChI=1S/C20H19N5/c1-14(2)15-3-5-17(6-4-15)23-19-9-12-25-20(24-19)18(13-22-25)16-7-10-21-11-8-16/h3-14H,1-2H3,(H,23,24). The van der Waals surface area contributed by atoms with Crippen molar-refractivity contribution in [2.24, 2.45) is 0 Å². The van der Waals surface area contributed by atoms with Crippen LogP contribution in [0.15, 0.2) is 67.3 Å². The number of hydrogen-bond acceptors (Lipinski definition) is 4. The van der Waals surface area contributed by atoms with Crippen LogP contribution in [0.1, 0.15) is 25.3 Å². The molecular weight excluding hydrogens is 310 g/mol. The number of hydrogen-bond donors (Lipinski definition) is 1. The molecule has 3 aromatic heterocycles. The summed E-state index contributed by atoms with van der Waals surface area (Å²) in [5.41, 5.74) is 5.20. The van der Waals surface area contributed by atoms with E-state index in [2.05, 4.69) is 53.5 Å². The molecule has 0 aliphatic rings. The van der Waals surface area contributed by atoms with Crippen LogP contribution in [0.3, 0.4) is 0 Å². The number of nitrogens with one attached hydrogen (secondary N) is 1. The van der Waals surface area contributed by atoms with Crippen LogP contribution in [-0.4, -0.2) is 19.6 Å². The average Bonchev–Trinajstić information content (AvgIpc) is 3.06. The molecule has 0 atom stereocenters. The maximum absolute atomic E-state index is 4.73. The molecule has 0 fully saturated rings. The molecule has 4 rings (SSSR count). The predicted molar refractivity (Wildman–Crippen MR) is 100 cm³/mol. The molecule has 0 amide bonds. The van der Waals surface area contributed by atoms with Crippen LogP contribution in [0.2, 0.25) is 0 Å². The molecule has 25 heavy (non-hydrogen) atoms. The molecule has 0 spiro atoms. The number of benzene rings is 1. The highest BCUT2D eigenvalue weighted by Crippen LogP contribution is 2.25. The van der Waals surface area contributed by atoms with Crippen molar-refractivity contribution < 1.29 is 0 Å². The quantitative estimate of drug-likeness (QED) is 0.592. The van der Waals surface area contributed by atoms with E-state index in [1.807, 2.05) is 30.6 Å². The van der Waals surface area contributed by atoms with E-state index in [1.165, 1.54) is 5.56 Å². The zero-order chi connectivity index (χ0) is 17.2. The lowest BCUT2D eigenvalue weighted by molar-refractivity contribution is 0.867. The third-order valence-corrected chi connectivity index (χ3v) is 4.21. The second-order valence-corrected chi connectivity index (χ2v) is 6.28. The van der Waals surface area contributed by atoms with Crippen molar-refractivity contribution in [1.82, 2.24) is 19.6 Å². The minimum Gasteiger partial charge on any atom is -0.340 e. The first-order chi connectivity index (χ1) is 12.2. The summed E-state index contributed by atoms with van der Waals surface area (Å²) in [7, 11) is 0. The van der Waals surface area contributed by atoms with Crippen LogP contribution in [0.4, 0.5) is 11.5 Å². The number of aromatic nitrogens is 4. The van der Waals surface area contributed by atoms with E-state index in [1.54, 1.807) is 16.9 Å². The maximum Gasteiger partial charge on any atom is 0.165 e. The van der Waals surface area contributed by atoms with Crippen LogP contribution < -0.4 is 5.32 Å². The zero-order valence-corrected chi connectivity index (χ0v) is 14.2. The monoisotopic (exact) mass is 329 g/mol. The molecule has 1 N–H and O–H groups in total. The minimum atomic E-state index is 0.526. The molecule has 4 aromatic rings. The van der Waals surface area contributed by atoms with E-state index in [0.29, 0.717) is 5.92 Å². The number of pyridine rings is 1. The van der Waals surface area contributed by atoms with Gasteiger partial charge in [0.15, 0.2) is 5.65 Å². The van der Waals surface area contributed by atoms with Gasteiger partial charge in [-0.2, -0.15) is 5.10 Å². The van der Waals surface area contributed by atoms with Crippen LogP contribution in [-0.2, 0) is 0 Å². The van der Waals surface area contributed by atoms with Gasteiger partial charge in [0, 0.05) is 29.8 Å². The molecule has 5 heteroatoms. The van der Waals surface area contributed by atoms with Gasteiger partial charge in [-0.3, -0.25) is 4.98 Å². The molecule has 0 saturated heterocycles. The van der Waals surface area contributed by atoms with Crippen LogP contribution in [0.5, 0.6) is 0 Å². The molecular formula is C20H19N5. The van der Waals surface area contributed by atoms with Gasteiger partial charge in [0.1, 0.15) is 5.82 Å². The molecule has 0 aliphatic carbocycles. The van der Waals surface area contributed by atoms with Gasteiger partial charge in [0.25, 0.3) is 0 Å². The summed E-state index contributed by atoms with van der Waals surface area (Å²) in [4.78, 5) is 8.80. The molecule has 0 radical (unpaired) electrons. The molecule has 5 nitrogen and oxygen atoms in total. The highest BCUT2D eigenvalue weighted by atomic mass is 15.2. The maximum atomic E-state index is 4.73. The van der Waals surface area contributed by atoms with Gasteiger partial charge in [-0.1, -0.05) is 26.0 Å². The fourth-order valence-corrected chi connectivity index (χ4v) is 2.77. The van der Waals surface area contributed by atoms with Gasteiger partial charge in [-0.05, 0) is 47.4 Å². The topological polar surface area (TPSA) is 55.1 Å². The number of fused-ring (bicyclic) bond motifs is 1. The first-order valence-corrected chi connectivity index (χ1v) is 8.32. The van der Waals surface area contributed by atoms with Crippen LogP contribution >= 0.6 is 0 Å². The van der Waals surface area contributed by atoms with E-state index in [-0.39, 0.29) is 0 Å². The van der Waals surface area contributed by atoms with E-state index >= 15 is 0 Å². The first-order valence-electron chi connectivity index (χ1n) is 8.32. The minimum absolute atomic E-state index is 0.526. The van der Waals surface area contributed by atoms with Gasteiger partial charge < -0.3 is 5.32 Å². The summed E-state index contributed by atoms with van der Waals surface area (Å²) in [6.07, 6.45) is 7.30. The lowest BCUT2D eigenvalue weighted by atomic mass is 10.0. The second-order valence-electron chi connectivity index (χ2n) is 6.28. The Balaban J connectivity index is 1.67. The smallest absolute Gasteiger partial charge is 0.165 e. The zero-order valence-electron chi connectivity index (χ0n) is 14.2. The Morgan fingerprint density at radius 2 is 1.72 bits per heavy atom. The first kappa shape index (κ1) is 15.3. The van der Waals surface area contributed by atoms with Crippen LogP contribution in [0, 0.1) is 0 Å². The fourth-order valence-electron chi connectivity index (χ4n) is 2.77. The lowest BCUT2D eigenvalue weighted by Crippen LogP contribution is -1.97. The normalized spacial score (nSPS) is 11.2. The largest absolute Gasteiger partial charge is 0.340 e. The molecule has 0 aliphatic heterocycles. The Bertz CT molecular complexity index is 988. The lowest BCUT2D eigenvalue weighted by Gasteiger charge is -2.09. The van der Waals surface area contributed by atoms with Crippen LogP contribution in [0.25, 0.3) is 16.8 Å². The summed E-state index contributed by atoms with van der Waals surface area (Å²) in [6, 6.07) is 14.3. The van der Waals surface area contributed by atoms with Crippen molar-refractivity contribution >= 4 is 17.2 Å². The van der Waals surface area contributed by atoms with E-state index < -0.39 is 0 Å². The van der Waals surface area contributed by atoms with Gasteiger partial charge >= 0.3 is 0 Å². The molecule has 3 heterocycles. The van der Waals surface area contributed by atoms with Gasteiger partial charge in [0.2, 0.25) is 0 Å². The Morgan fingerprint density at radius 3 is 2.44 bits per heavy atom. The Labute approximate surface area is 146 Å². The third kappa shape index (κ3) is 3.08. The number of nitrogens with zero attached hydrogens (tertiary/aromatic N) is 4. The number of rotatable bonds is 4. The third-order valence-electron chi connectivity index (χ3n) is 4.21. The molecule has 0 bridgehead atoms. The summed E-state index contributed by atoms with van der Waals surface area (Å²) < 4.78 is 1.78. The van der Waals surface area contributed by atoms with Gasteiger partial charge in [-0.15, -0.1) is 0 Å². The van der Waals surface area contributed by atoms with Gasteiger partial charge in [0.05, 0.1) is 6.20 Å². The van der Waals surface area contributed by atoms with Crippen molar-refractivity contribution in [1.29, 1.82) is 0 Å². The summed E-state index contributed by atoms with van der Waals surface area (Å²) in [5, 5.41) is 7.75. The summed E-state index contributed by atoms with van der Waals surface area (Å²) >= 11 is 0. The Morgan fingerprint density at radius 1 is 0.960 bits per heavy atom. The SMILES string of the molecule is CC(C)c1ccc(Nc2ccn3ncc(-c4ccncc4)c3n2)cc1. The van der Waals surface area contributed by atoms with Crippen molar-refractivity contribution in [3.63, 3.8) is 0 Å². The van der Waals surface area contributed by atoms with E-state index in [9.17, 15) is 0 Å². The molecule has 0 saturated carbocycles. The van der Waals surface area contributed by atoms with Crippen molar-refractivity contribution in [3.8, 4) is 11.1 Å². The molecule has 124 valence electrons. The predicted octanol–water partition coefficient (Wildman–Crippen LogP) is 4.66. The summed E-state index contributed by atoms with van der Waals surface area (Å²) in [5.74, 6) is 1.32. The second kappa shape index (κ2) is 6.36. The van der Waals surface area contributed by atoms with Crippen molar-refractivity contribution in [2.75, 3.05) is 5.32 Å².